The maximum Gasteiger partial charge on any atom is 0.363 e. The fourth-order valence-electron chi connectivity index (χ4n) is 4.35. The second-order valence-electron chi connectivity index (χ2n) is 9.50. The average Bonchev–Trinajstić information content (AvgIpc) is 3.52. The Hall–Kier alpha value is -4.87. The van der Waals surface area contributed by atoms with Crippen LogP contribution >= 0.6 is 11.6 Å². The Morgan fingerprint density at radius 3 is 2.76 bits per heavy atom. The lowest BCUT2D eigenvalue weighted by Gasteiger charge is -2.25. The minimum absolute atomic E-state index is 0.0901. The van der Waals surface area contributed by atoms with Crippen LogP contribution in [0.2, 0.25) is 5.02 Å². The number of benzene rings is 1. The van der Waals surface area contributed by atoms with Crippen LogP contribution in [-0.2, 0) is 32.2 Å². The molecule has 4 rings (SSSR count). The summed E-state index contributed by atoms with van der Waals surface area (Å²) >= 11 is 6.28. The predicted molar refractivity (Wildman–Crippen MR) is 157 cm³/mol. The molecule has 17 nitrogen and oxygen atoms in total. The fourth-order valence-corrected chi connectivity index (χ4v) is 4.64. The van der Waals surface area contributed by atoms with Gasteiger partial charge in [0.05, 0.1) is 31.3 Å². The van der Waals surface area contributed by atoms with Gasteiger partial charge in [0.1, 0.15) is 36.2 Å². The van der Waals surface area contributed by atoms with Gasteiger partial charge >= 0.3 is 5.97 Å². The number of ether oxygens (including phenoxy) is 3. The molecule has 18 heteroatoms. The fraction of sp³-hybridized carbons (Fsp3) is 0.407. The number of nitrogens with one attached hydrogen (secondary N) is 2. The molecule has 1 fully saturated rings. The monoisotopic (exact) mass is 646 g/mol. The molecule has 1 aromatic carbocycles. The molecule has 0 spiro atoms. The number of aliphatic hydroxyl groups excluding tert-OH is 1. The van der Waals surface area contributed by atoms with E-state index in [0.717, 1.165) is 12.0 Å². The Labute approximate surface area is 262 Å². The molecule has 3 aromatic rings. The summed E-state index contributed by atoms with van der Waals surface area (Å²) in [7, 11) is 1.52. The number of carbonyl (C=O) groups is 2. The third-order valence-corrected chi connectivity index (χ3v) is 6.83. The highest BCUT2D eigenvalue weighted by Crippen LogP contribution is 2.27. The first-order valence-electron chi connectivity index (χ1n) is 13.7. The van der Waals surface area contributed by atoms with E-state index in [4.69, 9.17) is 25.8 Å². The third kappa shape index (κ3) is 9.56. The maximum atomic E-state index is 13.2. The molecule has 0 bridgehead atoms. The van der Waals surface area contributed by atoms with Gasteiger partial charge in [0.15, 0.2) is 0 Å². The number of hydrogen-bond acceptors (Lipinski definition) is 15. The van der Waals surface area contributed by atoms with E-state index in [-0.39, 0.29) is 37.1 Å². The number of halogens is 1. The van der Waals surface area contributed by atoms with Crippen molar-refractivity contribution in [2.24, 2.45) is 0 Å². The van der Waals surface area contributed by atoms with Crippen LogP contribution in [0.1, 0.15) is 34.6 Å². The standard InChI is InChI=1S/C27H31ClN8O9/c1-42-21-6-5-17(12-20(21)28)13-31-23-19(24(37)32-15-22-29-7-3-8-30-22)14-33-27(34-23)35-9-2-4-18(35)16-44-26(39)25(38)43-10-11-45-36(40)41/h3,5-8,12,14,18,25,38H,2,4,9-11,13,15-16H2,1H3,(H,32,37)(H,31,33,34)/t18-,25-/m0/s1. The first kappa shape index (κ1) is 33.0. The van der Waals surface area contributed by atoms with Crippen molar-refractivity contribution in [1.29, 1.82) is 0 Å². The molecule has 3 N–H and O–H groups in total. The van der Waals surface area contributed by atoms with Crippen molar-refractivity contribution in [2.75, 3.05) is 43.7 Å². The molecule has 240 valence electrons. The number of amides is 1. The van der Waals surface area contributed by atoms with E-state index in [1.807, 2.05) is 11.0 Å². The minimum Gasteiger partial charge on any atom is -0.495 e. The predicted octanol–water partition coefficient (Wildman–Crippen LogP) is 1.53. The Bertz CT molecular complexity index is 1470. The van der Waals surface area contributed by atoms with Gasteiger partial charge in [-0.15, -0.1) is 10.1 Å². The van der Waals surface area contributed by atoms with Crippen LogP contribution in [0.25, 0.3) is 0 Å². The molecule has 45 heavy (non-hydrogen) atoms. The van der Waals surface area contributed by atoms with E-state index in [0.29, 0.717) is 35.5 Å². The van der Waals surface area contributed by atoms with Crippen molar-refractivity contribution in [3.05, 3.63) is 74.9 Å². The number of aliphatic hydroxyl groups is 1. The first-order valence-corrected chi connectivity index (χ1v) is 14.1. The molecule has 2 aromatic heterocycles. The Kier molecular flexibility index (Phi) is 11.9. The van der Waals surface area contributed by atoms with Crippen LogP contribution in [0.5, 0.6) is 5.75 Å². The summed E-state index contributed by atoms with van der Waals surface area (Å²) < 4.78 is 15.2. The highest BCUT2D eigenvalue weighted by molar-refractivity contribution is 6.32. The highest BCUT2D eigenvalue weighted by atomic mass is 35.5. The molecule has 3 heterocycles. The number of anilines is 2. The third-order valence-electron chi connectivity index (χ3n) is 6.53. The number of esters is 1. The van der Waals surface area contributed by atoms with E-state index < -0.39 is 36.5 Å². The van der Waals surface area contributed by atoms with Crippen LogP contribution in [0.4, 0.5) is 11.8 Å². The SMILES string of the molecule is COc1ccc(CNc2nc(N3CCC[C@H]3COC(=O)[C@@H](O)OCCO[N+](=O)[O-])ncc2C(=O)NCc2ncccn2)cc1Cl. The van der Waals surface area contributed by atoms with Crippen molar-refractivity contribution in [1.82, 2.24) is 25.3 Å². The largest absolute Gasteiger partial charge is 0.495 e. The zero-order valence-corrected chi connectivity index (χ0v) is 24.9. The van der Waals surface area contributed by atoms with Gasteiger partial charge in [-0.3, -0.25) is 4.79 Å². The van der Waals surface area contributed by atoms with Crippen LogP contribution in [0.3, 0.4) is 0 Å². The molecular weight excluding hydrogens is 616 g/mol. The normalized spacial score (nSPS) is 14.8. The molecule has 1 aliphatic rings. The van der Waals surface area contributed by atoms with Crippen molar-refractivity contribution < 1.29 is 38.8 Å². The van der Waals surface area contributed by atoms with Gasteiger partial charge in [-0.25, -0.2) is 19.7 Å². The lowest BCUT2D eigenvalue weighted by molar-refractivity contribution is -0.758. The maximum absolute atomic E-state index is 13.2. The quantitative estimate of drug-likeness (QED) is 0.0661. The number of methoxy groups -OCH3 is 1. The summed E-state index contributed by atoms with van der Waals surface area (Å²) in [6.45, 7) is -0.0521. The van der Waals surface area contributed by atoms with Crippen LogP contribution in [-0.4, -0.2) is 87.8 Å². The molecule has 1 saturated heterocycles. The van der Waals surface area contributed by atoms with E-state index in [2.05, 4.69) is 35.4 Å². The van der Waals surface area contributed by atoms with Crippen molar-refractivity contribution >= 4 is 35.2 Å². The molecule has 0 saturated carbocycles. The summed E-state index contributed by atoms with van der Waals surface area (Å²) in [5.41, 5.74) is 0.986. The second-order valence-corrected chi connectivity index (χ2v) is 9.91. The average molecular weight is 647 g/mol. The number of nitrogens with zero attached hydrogens (tertiary/aromatic N) is 6. The van der Waals surface area contributed by atoms with E-state index >= 15 is 0 Å². The summed E-state index contributed by atoms with van der Waals surface area (Å²) in [5, 5.41) is 25.4. The van der Waals surface area contributed by atoms with Crippen LogP contribution in [0, 0.1) is 10.1 Å². The van der Waals surface area contributed by atoms with E-state index in [1.54, 1.807) is 30.6 Å². The van der Waals surface area contributed by atoms with E-state index in [1.165, 1.54) is 13.3 Å². The lowest BCUT2D eigenvalue weighted by Crippen LogP contribution is -2.37. The molecule has 0 radical (unpaired) electrons. The van der Waals surface area contributed by atoms with Gasteiger partial charge in [0.2, 0.25) is 5.95 Å². The number of carbonyl (C=O) groups excluding carboxylic acids is 2. The lowest BCUT2D eigenvalue weighted by atomic mass is 10.2. The zero-order chi connectivity index (χ0) is 32.2. The summed E-state index contributed by atoms with van der Waals surface area (Å²) in [6, 6.07) is 6.63. The first-order chi connectivity index (χ1) is 21.7. The molecule has 1 amide bonds. The van der Waals surface area contributed by atoms with Gasteiger partial charge in [-0.2, -0.15) is 4.98 Å². The Morgan fingerprint density at radius 1 is 1.22 bits per heavy atom. The van der Waals surface area contributed by atoms with Crippen LogP contribution in [0.15, 0.2) is 42.9 Å². The number of aromatic nitrogens is 4. The highest BCUT2D eigenvalue weighted by Gasteiger charge is 2.30. The second kappa shape index (κ2) is 16.3. The number of hydrogen-bond donors (Lipinski definition) is 3. The molecule has 0 unspecified atom stereocenters. The summed E-state index contributed by atoms with van der Waals surface area (Å²) in [6.07, 6.45) is 4.00. The Balaban J connectivity index is 1.45. The molecule has 1 aliphatic heterocycles. The zero-order valence-electron chi connectivity index (χ0n) is 24.1. The van der Waals surface area contributed by atoms with Gasteiger partial charge in [0.25, 0.3) is 17.3 Å². The Morgan fingerprint density at radius 2 is 2.02 bits per heavy atom. The molecule has 0 aliphatic carbocycles. The smallest absolute Gasteiger partial charge is 0.363 e. The van der Waals surface area contributed by atoms with Crippen molar-refractivity contribution in [3.63, 3.8) is 0 Å². The van der Waals surface area contributed by atoms with Gasteiger partial charge in [-0.1, -0.05) is 17.7 Å². The van der Waals surface area contributed by atoms with Gasteiger partial charge in [-0.05, 0) is 36.6 Å². The number of rotatable bonds is 16. The van der Waals surface area contributed by atoms with Crippen LogP contribution < -0.4 is 20.3 Å². The summed E-state index contributed by atoms with van der Waals surface area (Å²) in [5.74, 6) is -0.00725. The summed E-state index contributed by atoms with van der Waals surface area (Å²) in [4.78, 5) is 58.8. The minimum atomic E-state index is -1.94. The topological polar surface area (TPSA) is 213 Å². The van der Waals surface area contributed by atoms with Gasteiger partial charge < -0.3 is 39.7 Å². The molecule has 2 atom stereocenters. The van der Waals surface area contributed by atoms with Crippen molar-refractivity contribution in [3.8, 4) is 5.75 Å². The van der Waals surface area contributed by atoms with Gasteiger partial charge in [0, 0.05) is 31.7 Å². The van der Waals surface area contributed by atoms with Crippen molar-refractivity contribution in [2.45, 2.75) is 38.3 Å². The molecular formula is C27H31ClN8O9. The van der Waals surface area contributed by atoms with E-state index in [9.17, 15) is 24.8 Å².